The molecule has 2 nitrogen and oxygen atoms in total. The van der Waals surface area contributed by atoms with E-state index in [0.29, 0.717) is 6.04 Å². The maximum absolute atomic E-state index is 6.01. The van der Waals surface area contributed by atoms with E-state index in [4.69, 9.17) is 4.74 Å². The predicted octanol–water partition coefficient (Wildman–Crippen LogP) is 4.18. The molecule has 0 fully saturated rings. The smallest absolute Gasteiger partial charge is 0.0977 e. The maximum atomic E-state index is 6.01. The molecule has 0 aliphatic carbocycles. The van der Waals surface area contributed by atoms with Crippen LogP contribution in [0, 0.1) is 5.92 Å². The Labute approximate surface area is 118 Å². The van der Waals surface area contributed by atoms with E-state index in [9.17, 15) is 0 Å². The SMILES string of the molecule is CCOC(c1ccccc1)C(CC(CC)CC)NC. The Morgan fingerprint density at radius 3 is 2.16 bits per heavy atom. The summed E-state index contributed by atoms with van der Waals surface area (Å²) in [6, 6.07) is 10.9. The summed E-state index contributed by atoms with van der Waals surface area (Å²) < 4.78 is 6.01. The van der Waals surface area contributed by atoms with Crippen LogP contribution in [0.15, 0.2) is 30.3 Å². The highest BCUT2D eigenvalue weighted by atomic mass is 16.5. The number of nitrogens with one attached hydrogen (secondary N) is 1. The lowest BCUT2D eigenvalue weighted by atomic mass is 9.90. The minimum atomic E-state index is 0.150. The zero-order chi connectivity index (χ0) is 14.1. The van der Waals surface area contributed by atoms with Crippen molar-refractivity contribution in [1.29, 1.82) is 0 Å². The van der Waals surface area contributed by atoms with Crippen molar-refractivity contribution < 1.29 is 4.74 Å². The van der Waals surface area contributed by atoms with Gasteiger partial charge >= 0.3 is 0 Å². The van der Waals surface area contributed by atoms with Crippen LogP contribution in [-0.4, -0.2) is 19.7 Å². The highest BCUT2D eigenvalue weighted by Gasteiger charge is 2.24. The first-order valence-electron chi connectivity index (χ1n) is 7.60. The molecule has 1 aromatic rings. The Morgan fingerprint density at radius 2 is 1.68 bits per heavy atom. The van der Waals surface area contributed by atoms with Gasteiger partial charge in [-0.2, -0.15) is 0 Å². The zero-order valence-electron chi connectivity index (χ0n) is 12.9. The van der Waals surface area contributed by atoms with Crippen molar-refractivity contribution in [2.45, 2.75) is 52.2 Å². The van der Waals surface area contributed by atoms with Gasteiger partial charge in [-0.1, -0.05) is 57.0 Å². The summed E-state index contributed by atoms with van der Waals surface area (Å²) in [7, 11) is 2.04. The molecule has 1 N–H and O–H groups in total. The van der Waals surface area contributed by atoms with Crippen molar-refractivity contribution in [3.8, 4) is 0 Å². The summed E-state index contributed by atoms with van der Waals surface area (Å²) in [5.74, 6) is 0.768. The molecule has 0 amide bonds. The van der Waals surface area contributed by atoms with E-state index >= 15 is 0 Å². The standard InChI is InChI=1S/C17H29NO/c1-5-14(6-2)13-16(18-4)17(19-7-3)15-11-9-8-10-12-15/h8-12,14,16-18H,5-7,13H2,1-4H3. The second kappa shape index (κ2) is 9.11. The van der Waals surface area contributed by atoms with Crippen LogP contribution in [-0.2, 0) is 4.74 Å². The molecule has 1 aromatic carbocycles. The summed E-state index contributed by atoms with van der Waals surface area (Å²) >= 11 is 0. The Hall–Kier alpha value is -0.860. The van der Waals surface area contributed by atoms with E-state index in [1.165, 1.54) is 24.8 Å². The van der Waals surface area contributed by atoms with Crippen molar-refractivity contribution in [3.05, 3.63) is 35.9 Å². The Balaban J connectivity index is 2.82. The van der Waals surface area contributed by atoms with E-state index in [1.54, 1.807) is 0 Å². The number of ether oxygens (including phenoxy) is 1. The summed E-state index contributed by atoms with van der Waals surface area (Å²) in [5.41, 5.74) is 1.27. The third-order valence-corrected chi connectivity index (χ3v) is 3.95. The van der Waals surface area contributed by atoms with Crippen molar-refractivity contribution in [3.63, 3.8) is 0 Å². The Bertz CT molecular complexity index is 321. The lowest BCUT2D eigenvalue weighted by Gasteiger charge is -2.30. The average molecular weight is 263 g/mol. The molecule has 0 saturated heterocycles. The van der Waals surface area contributed by atoms with Crippen LogP contribution in [0.25, 0.3) is 0 Å². The molecule has 0 aliphatic rings. The molecule has 108 valence electrons. The van der Waals surface area contributed by atoms with Crippen molar-refractivity contribution in [1.82, 2.24) is 5.32 Å². The number of hydrogen-bond donors (Lipinski definition) is 1. The van der Waals surface area contributed by atoms with Gasteiger partial charge in [-0.3, -0.25) is 0 Å². The minimum absolute atomic E-state index is 0.150. The fourth-order valence-corrected chi connectivity index (χ4v) is 2.64. The lowest BCUT2D eigenvalue weighted by molar-refractivity contribution is 0.0280. The van der Waals surface area contributed by atoms with Gasteiger partial charge in [0.25, 0.3) is 0 Å². The first-order chi connectivity index (χ1) is 9.26. The first kappa shape index (κ1) is 16.2. The third kappa shape index (κ3) is 4.96. The van der Waals surface area contributed by atoms with Gasteiger partial charge in [0.05, 0.1) is 6.10 Å². The highest BCUT2D eigenvalue weighted by molar-refractivity contribution is 5.19. The maximum Gasteiger partial charge on any atom is 0.0977 e. The molecule has 2 atom stereocenters. The van der Waals surface area contributed by atoms with E-state index in [-0.39, 0.29) is 6.10 Å². The van der Waals surface area contributed by atoms with Crippen LogP contribution in [0.2, 0.25) is 0 Å². The average Bonchev–Trinajstić information content (AvgIpc) is 2.48. The molecule has 1 rings (SSSR count). The van der Waals surface area contributed by atoms with E-state index in [0.717, 1.165) is 12.5 Å². The first-order valence-corrected chi connectivity index (χ1v) is 7.60. The summed E-state index contributed by atoms with van der Waals surface area (Å²) in [6.45, 7) is 7.37. The second-order valence-electron chi connectivity index (χ2n) is 5.10. The number of likely N-dealkylation sites (N-methyl/N-ethyl adjacent to an activating group) is 1. The van der Waals surface area contributed by atoms with Crippen LogP contribution >= 0.6 is 0 Å². The normalized spacial score (nSPS) is 14.6. The molecule has 0 bridgehead atoms. The van der Waals surface area contributed by atoms with Gasteiger partial charge in [0.1, 0.15) is 0 Å². The van der Waals surface area contributed by atoms with E-state index in [1.807, 2.05) is 7.05 Å². The molecule has 0 aromatic heterocycles. The molecule has 0 aliphatic heterocycles. The van der Waals surface area contributed by atoms with Gasteiger partial charge < -0.3 is 10.1 Å². The molecule has 2 heteroatoms. The van der Waals surface area contributed by atoms with Crippen LogP contribution in [0.1, 0.15) is 51.7 Å². The van der Waals surface area contributed by atoms with Crippen LogP contribution in [0.4, 0.5) is 0 Å². The molecule has 0 saturated carbocycles. The van der Waals surface area contributed by atoms with Gasteiger partial charge in [-0.25, -0.2) is 0 Å². The Kier molecular flexibility index (Phi) is 7.76. The zero-order valence-corrected chi connectivity index (χ0v) is 12.9. The molecule has 0 heterocycles. The van der Waals surface area contributed by atoms with Gasteiger partial charge in [-0.05, 0) is 31.9 Å². The topological polar surface area (TPSA) is 21.3 Å². The summed E-state index contributed by atoms with van der Waals surface area (Å²) in [5, 5.41) is 3.46. The minimum Gasteiger partial charge on any atom is -0.372 e. The quantitative estimate of drug-likeness (QED) is 0.721. The molecule has 0 spiro atoms. The molecule has 19 heavy (non-hydrogen) atoms. The summed E-state index contributed by atoms with van der Waals surface area (Å²) in [6.07, 6.45) is 3.80. The fourth-order valence-electron chi connectivity index (χ4n) is 2.64. The van der Waals surface area contributed by atoms with Crippen molar-refractivity contribution >= 4 is 0 Å². The highest BCUT2D eigenvalue weighted by Crippen LogP contribution is 2.27. The largest absolute Gasteiger partial charge is 0.372 e. The van der Waals surface area contributed by atoms with Crippen molar-refractivity contribution in [2.24, 2.45) is 5.92 Å². The van der Waals surface area contributed by atoms with Gasteiger partial charge in [0, 0.05) is 12.6 Å². The molecule has 2 unspecified atom stereocenters. The Morgan fingerprint density at radius 1 is 1.05 bits per heavy atom. The van der Waals surface area contributed by atoms with E-state index < -0.39 is 0 Å². The van der Waals surface area contributed by atoms with Crippen LogP contribution in [0.3, 0.4) is 0 Å². The number of hydrogen-bond acceptors (Lipinski definition) is 2. The van der Waals surface area contributed by atoms with Gasteiger partial charge in [-0.15, -0.1) is 0 Å². The molecular formula is C17H29NO. The predicted molar refractivity (Wildman–Crippen MR) is 82.3 cm³/mol. The number of benzene rings is 1. The fraction of sp³-hybridized carbons (Fsp3) is 0.647. The van der Waals surface area contributed by atoms with Crippen LogP contribution in [0.5, 0.6) is 0 Å². The molecular weight excluding hydrogens is 234 g/mol. The van der Waals surface area contributed by atoms with Crippen LogP contribution < -0.4 is 5.32 Å². The van der Waals surface area contributed by atoms with Gasteiger partial charge in [0.2, 0.25) is 0 Å². The third-order valence-electron chi connectivity index (χ3n) is 3.95. The molecule has 0 radical (unpaired) electrons. The van der Waals surface area contributed by atoms with E-state index in [2.05, 4.69) is 56.4 Å². The second-order valence-corrected chi connectivity index (χ2v) is 5.10. The van der Waals surface area contributed by atoms with Crippen molar-refractivity contribution in [2.75, 3.05) is 13.7 Å². The number of rotatable bonds is 9. The monoisotopic (exact) mass is 263 g/mol. The van der Waals surface area contributed by atoms with Gasteiger partial charge in [0.15, 0.2) is 0 Å². The summed E-state index contributed by atoms with van der Waals surface area (Å²) in [4.78, 5) is 0. The lowest BCUT2D eigenvalue weighted by Crippen LogP contribution is -2.35.